The molecule has 3 aromatic carbocycles. The molecule has 0 radical (unpaired) electrons. The molecular formula is C24H24N2O2. The normalized spacial score (nSPS) is 12.6. The molecule has 1 heterocycles. The summed E-state index contributed by atoms with van der Waals surface area (Å²) in [4.78, 5) is 27.0. The number of benzene rings is 3. The minimum atomic E-state index is -0.151. The van der Waals surface area contributed by atoms with E-state index >= 15 is 0 Å². The molecule has 28 heavy (non-hydrogen) atoms. The van der Waals surface area contributed by atoms with E-state index in [9.17, 15) is 9.59 Å². The van der Waals surface area contributed by atoms with Crippen LogP contribution in [-0.4, -0.2) is 18.4 Å². The zero-order valence-corrected chi connectivity index (χ0v) is 16.3. The van der Waals surface area contributed by atoms with Crippen LogP contribution in [0.3, 0.4) is 0 Å². The van der Waals surface area contributed by atoms with Gasteiger partial charge in [0, 0.05) is 17.5 Å². The van der Waals surface area contributed by atoms with Crippen molar-refractivity contribution in [2.75, 3.05) is 11.4 Å². The summed E-state index contributed by atoms with van der Waals surface area (Å²) in [5.41, 5.74) is 5.14. The number of anilines is 1. The lowest BCUT2D eigenvalue weighted by Gasteiger charge is -2.18. The van der Waals surface area contributed by atoms with Gasteiger partial charge in [-0.15, -0.1) is 0 Å². The smallest absolute Gasteiger partial charge is 0.259 e. The second kappa shape index (κ2) is 7.47. The molecule has 0 aromatic heterocycles. The number of hydrogen-bond donors (Lipinski definition) is 1. The minimum absolute atomic E-state index is 0.0293. The first-order valence-corrected chi connectivity index (χ1v) is 9.83. The second-order valence-electron chi connectivity index (χ2n) is 7.16. The molecule has 0 fully saturated rings. The highest BCUT2D eigenvalue weighted by atomic mass is 16.2. The van der Waals surface area contributed by atoms with Crippen molar-refractivity contribution in [1.29, 1.82) is 0 Å². The van der Waals surface area contributed by atoms with Gasteiger partial charge in [0.05, 0.1) is 5.69 Å². The van der Waals surface area contributed by atoms with Crippen molar-refractivity contribution in [1.82, 2.24) is 5.32 Å². The number of aryl methyl sites for hydroxylation is 2. The molecule has 4 rings (SSSR count). The van der Waals surface area contributed by atoms with Gasteiger partial charge in [0.25, 0.3) is 5.91 Å². The van der Waals surface area contributed by atoms with Crippen molar-refractivity contribution in [3.63, 3.8) is 0 Å². The third-order valence-corrected chi connectivity index (χ3v) is 5.49. The molecule has 1 N–H and O–H groups in total. The van der Waals surface area contributed by atoms with Crippen LogP contribution in [0.15, 0.2) is 54.6 Å². The maximum atomic E-state index is 12.8. The largest absolute Gasteiger partial charge is 0.350 e. The van der Waals surface area contributed by atoms with E-state index in [2.05, 4.69) is 37.4 Å². The lowest BCUT2D eigenvalue weighted by molar-refractivity contribution is -0.119. The number of carbonyl (C=O) groups is 2. The summed E-state index contributed by atoms with van der Waals surface area (Å²) < 4.78 is 0. The molecule has 142 valence electrons. The number of hydrogen-bond acceptors (Lipinski definition) is 2. The van der Waals surface area contributed by atoms with E-state index in [0.717, 1.165) is 34.9 Å². The van der Waals surface area contributed by atoms with Gasteiger partial charge in [0.2, 0.25) is 5.91 Å². The van der Waals surface area contributed by atoms with Crippen LogP contribution in [0.1, 0.15) is 40.9 Å². The van der Waals surface area contributed by atoms with E-state index < -0.39 is 0 Å². The molecule has 1 aliphatic rings. The molecule has 0 saturated carbocycles. The molecule has 0 spiro atoms. The van der Waals surface area contributed by atoms with Gasteiger partial charge in [-0.3, -0.25) is 14.5 Å². The van der Waals surface area contributed by atoms with Crippen LogP contribution in [-0.2, 0) is 24.2 Å². The Balaban J connectivity index is 1.50. The molecule has 2 amide bonds. The molecule has 4 heteroatoms. The summed E-state index contributed by atoms with van der Waals surface area (Å²) in [5, 5.41) is 4.96. The highest BCUT2D eigenvalue weighted by molar-refractivity contribution is 6.26. The Bertz CT molecular complexity index is 1070. The van der Waals surface area contributed by atoms with Gasteiger partial charge in [-0.25, -0.2) is 0 Å². The van der Waals surface area contributed by atoms with Crippen molar-refractivity contribution in [3.05, 3.63) is 76.9 Å². The topological polar surface area (TPSA) is 49.4 Å². The van der Waals surface area contributed by atoms with E-state index in [-0.39, 0.29) is 18.4 Å². The van der Waals surface area contributed by atoms with E-state index in [4.69, 9.17) is 0 Å². The zero-order valence-electron chi connectivity index (χ0n) is 16.3. The Morgan fingerprint density at radius 1 is 0.964 bits per heavy atom. The number of nitrogens with one attached hydrogen (secondary N) is 1. The Hall–Kier alpha value is -3.14. The van der Waals surface area contributed by atoms with Crippen LogP contribution in [0, 0.1) is 0 Å². The van der Waals surface area contributed by atoms with Crippen LogP contribution in [0.2, 0.25) is 0 Å². The van der Waals surface area contributed by atoms with Gasteiger partial charge in [0.15, 0.2) is 0 Å². The van der Waals surface area contributed by atoms with E-state index in [0.29, 0.717) is 12.1 Å². The third kappa shape index (κ3) is 3.15. The van der Waals surface area contributed by atoms with Crippen LogP contribution in [0.4, 0.5) is 5.69 Å². The summed E-state index contributed by atoms with van der Waals surface area (Å²) in [7, 11) is 0. The lowest BCUT2D eigenvalue weighted by atomic mass is 10.0. The van der Waals surface area contributed by atoms with E-state index in [1.54, 1.807) is 4.90 Å². The summed E-state index contributed by atoms with van der Waals surface area (Å²) in [6.45, 7) is 4.75. The highest BCUT2D eigenvalue weighted by Crippen LogP contribution is 2.36. The maximum Gasteiger partial charge on any atom is 0.259 e. The SMILES string of the molecule is CCc1ccc(CC)c(CNC(=O)CN2C(=O)c3cccc4cccc2c34)c1. The van der Waals surface area contributed by atoms with E-state index in [1.807, 2.05) is 36.4 Å². The molecule has 0 atom stereocenters. The molecule has 4 nitrogen and oxygen atoms in total. The molecule has 0 unspecified atom stereocenters. The predicted molar refractivity (Wildman–Crippen MR) is 113 cm³/mol. The Kier molecular flexibility index (Phi) is 4.86. The fourth-order valence-corrected chi connectivity index (χ4v) is 3.94. The standard InChI is InChI=1S/C24H24N2O2/c1-3-16-11-12-17(4-2)19(13-16)14-25-22(27)15-26-21-10-6-8-18-7-5-9-20(23(18)21)24(26)28/h5-13H,3-4,14-15H2,1-2H3,(H,25,27). The predicted octanol–water partition coefficient (Wildman–Crippen LogP) is 4.24. The monoisotopic (exact) mass is 372 g/mol. The summed E-state index contributed by atoms with van der Waals surface area (Å²) in [5.74, 6) is -0.258. The van der Waals surface area contributed by atoms with Crippen molar-refractivity contribution in [2.24, 2.45) is 0 Å². The quantitative estimate of drug-likeness (QED) is 0.703. The van der Waals surface area contributed by atoms with Gasteiger partial charge >= 0.3 is 0 Å². The summed E-state index contributed by atoms with van der Waals surface area (Å²) in [6, 6.07) is 18.0. The zero-order chi connectivity index (χ0) is 19.7. The third-order valence-electron chi connectivity index (χ3n) is 5.49. The Labute approximate surface area is 165 Å². The fourth-order valence-electron chi connectivity index (χ4n) is 3.94. The van der Waals surface area contributed by atoms with Gasteiger partial charge in [-0.2, -0.15) is 0 Å². The molecule has 3 aromatic rings. The summed E-state index contributed by atoms with van der Waals surface area (Å²) >= 11 is 0. The van der Waals surface area contributed by atoms with Crippen LogP contribution in [0.25, 0.3) is 10.8 Å². The molecule has 0 aliphatic carbocycles. The molecule has 1 aliphatic heterocycles. The molecule has 0 saturated heterocycles. The average molecular weight is 372 g/mol. The highest BCUT2D eigenvalue weighted by Gasteiger charge is 2.30. The van der Waals surface area contributed by atoms with Crippen LogP contribution >= 0.6 is 0 Å². The second-order valence-corrected chi connectivity index (χ2v) is 7.16. The van der Waals surface area contributed by atoms with Crippen molar-refractivity contribution >= 4 is 28.3 Å². The van der Waals surface area contributed by atoms with Gasteiger partial charge in [-0.1, -0.05) is 56.3 Å². The van der Waals surface area contributed by atoms with Gasteiger partial charge in [-0.05, 0) is 47.1 Å². The van der Waals surface area contributed by atoms with Crippen molar-refractivity contribution in [2.45, 2.75) is 33.2 Å². The lowest BCUT2D eigenvalue weighted by Crippen LogP contribution is -2.38. The summed E-state index contributed by atoms with van der Waals surface area (Å²) in [6.07, 6.45) is 1.90. The first-order chi connectivity index (χ1) is 13.6. The Morgan fingerprint density at radius 3 is 2.50 bits per heavy atom. The average Bonchev–Trinajstić information content (AvgIpc) is 3.00. The number of rotatable bonds is 6. The van der Waals surface area contributed by atoms with Crippen LogP contribution in [0.5, 0.6) is 0 Å². The first kappa shape index (κ1) is 18.2. The Morgan fingerprint density at radius 2 is 1.75 bits per heavy atom. The van der Waals surface area contributed by atoms with Gasteiger partial charge < -0.3 is 5.32 Å². The molecule has 0 bridgehead atoms. The van der Waals surface area contributed by atoms with Crippen molar-refractivity contribution < 1.29 is 9.59 Å². The van der Waals surface area contributed by atoms with Crippen LogP contribution < -0.4 is 10.2 Å². The fraction of sp³-hybridized carbons (Fsp3) is 0.250. The maximum absolute atomic E-state index is 12.8. The number of nitrogens with zero attached hydrogens (tertiary/aromatic N) is 1. The van der Waals surface area contributed by atoms with Crippen molar-refractivity contribution in [3.8, 4) is 0 Å². The number of amides is 2. The van der Waals surface area contributed by atoms with E-state index in [1.165, 1.54) is 11.1 Å². The minimum Gasteiger partial charge on any atom is -0.350 e. The van der Waals surface area contributed by atoms with Gasteiger partial charge in [0.1, 0.15) is 6.54 Å². The molecular weight excluding hydrogens is 348 g/mol. The number of carbonyl (C=O) groups excluding carboxylic acids is 2. The first-order valence-electron chi connectivity index (χ1n) is 9.83.